The summed E-state index contributed by atoms with van der Waals surface area (Å²) in [5, 5.41) is 1.17. The number of nitrogens with two attached hydrogens (primary N) is 1. The van der Waals surface area contributed by atoms with Crippen molar-refractivity contribution in [3.8, 4) is 0 Å². The van der Waals surface area contributed by atoms with Crippen molar-refractivity contribution in [2.24, 2.45) is 5.73 Å². The molecule has 0 aliphatic carbocycles. The average Bonchev–Trinajstić information content (AvgIpc) is 2.23. The zero-order chi connectivity index (χ0) is 11.9. The van der Waals surface area contributed by atoms with E-state index in [0.29, 0.717) is 10.7 Å². The number of fused-ring (bicyclic) bond motifs is 1. The molecule has 2 aromatic rings. The van der Waals surface area contributed by atoms with Gasteiger partial charge >= 0.3 is 0 Å². The van der Waals surface area contributed by atoms with Crippen LogP contribution in [0.5, 0.6) is 0 Å². The first kappa shape index (κ1) is 11.0. The fraction of sp³-hybridized carbons (Fsp3) is 0.231. The Hall–Kier alpha value is -1.48. The van der Waals surface area contributed by atoms with Crippen molar-refractivity contribution in [3.63, 3.8) is 0 Å². The second-order valence-electron chi connectivity index (χ2n) is 4.09. The van der Waals surface area contributed by atoms with E-state index in [0.717, 1.165) is 11.1 Å². The highest BCUT2D eigenvalue weighted by atomic mass is 32.1. The van der Waals surface area contributed by atoms with Crippen molar-refractivity contribution >= 4 is 28.1 Å². The summed E-state index contributed by atoms with van der Waals surface area (Å²) < 4.78 is 0. The van der Waals surface area contributed by atoms with E-state index < -0.39 is 0 Å². The van der Waals surface area contributed by atoms with Crippen LogP contribution in [0.2, 0.25) is 0 Å². The van der Waals surface area contributed by atoms with E-state index in [4.69, 9.17) is 18.0 Å². The molecule has 16 heavy (non-hydrogen) atoms. The molecule has 3 heteroatoms. The SMILES string of the molecule is Cc1ccc2c(C)cc(C(N)=S)nc2c1C. The molecule has 0 radical (unpaired) electrons. The molecular weight excluding hydrogens is 216 g/mol. The molecule has 0 bridgehead atoms. The van der Waals surface area contributed by atoms with Gasteiger partial charge in [0, 0.05) is 5.39 Å². The van der Waals surface area contributed by atoms with Gasteiger partial charge in [-0.05, 0) is 43.5 Å². The van der Waals surface area contributed by atoms with Crippen LogP contribution in [0.1, 0.15) is 22.4 Å². The molecule has 0 aliphatic rings. The monoisotopic (exact) mass is 230 g/mol. The fourth-order valence-electron chi connectivity index (χ4n) is 1.83. The predicted molar refractivity (Wildman–Crippen MR) is 71.8 cm³/mol. The third-order valence-corrected chi connectivity index (χ3v) is 3.17. The van der Waals surface area contributed by atoms with E-state index in [2.05, 4.69) is 37.9 Å². The van der Waals surface area contributed by atoms with E-state index in [1.807, 2.05) is 6.07 Å². The number of benzene rings is 1. The van der Waals surface area contributed by atoms with Crippen molar-refractivity contribution < 1.29 is 0 Å². The molecule has 1 heterocycles. The highest BCUT2D eigenvalue weighted by molar-refractivity contribution is 7.80. The minimum Gasteiger partial charge on any atom is -0.388 e. The van der Waals surface area contributed by atoms with Crippen LogP contribution in [-0.2, 0) is 0 Å². The van der Waals surface area contributed by atoms with E-state index >= 15 is 0 Å². The molecule has 2 rings (SSSR count). The van der Waals surface area contributed by atoms with Crippen LogP contribution in [-0.4, -0.2) is 9.97 Å². The summed E-state index contributed by atoms with van der Waals surface area (Å²) in [5.41, 5.74) is 10.9. The standard InChI is InChI=1S/C13H14N2S/c1-7-4-5-10-8(2)6-11(13(14)16)15-12(10)9(7)3/h4-6H,1-3H3,(H2,14,16). The fourth-order valence-corrected chi connectivity index (χ4v) is 1.93. The van der Waals surface area contributed by atoms with Gasteiger partial charge in [0.1, 0.15) is 4.99 Å². The second kappa shape index (κ2) is 3.83. The summed E-state index contributed by atoms with van der Waals surface area (Å²) in [6.45, 7) is 6.22. The van der Waals surface area contributed by atoms with Gasteiger partial charge in [0.05, 0.1) is 11.2 Å². The van der Waals surface area contributed by atoms with Crippen LogP contribution in [0.3, 0.4) is 0 Å². The highest BCUT2D eigenvalue weighted by Crippen LogP contribution is 2.23. The van der Waals surface area contributed by atoms with Crippen molar-refractivity contribution in [2.45, 2.75) is 20.8 Å². The van der Waals surface area contributed by atoms with Crippen LogP contribution in [0, 0.1) is 20.8 Å². The molecule has 2 nitrogen and oxygen atoms in total. The molecule has 0 saturated heterocycles. The minimum atomic E-state index is 0.353. The van der Waals surface area contributed by atoms with E-state index in [1.54, 1.807) is 0 Å². The smallest absolute Gasteiger partial charge is 0.122 e. The molecule has 2 N–H and O–H groups in total. The molecule has 1 aromatic carbocycles. The van der Waals surface area contributed by atoms with Gasteiger partial charge in [0.25, 0.3) is 0 Å². The van der Waals surface area contributed by atoms with Crippen LogP contribution in [0.15, 0.2) is 18.2 Å². The number of nitrogens with zero attached hydrogens (tertiary/aromatic N) is 1. The first-order chi connectivity index (χ1) is 7.50. The lowest BCUT2D eigenvalue weighted by Gasteiger charge is -2.09. The topological polar surface area (TPSA) is 38.9 Å². The molecule has 0 atom stereocenters. The van der Waals surface area contributed by atoms with Crippen LogP contribution in [0.4, 0.5) is 0 Å². The van der Waals surface area contributed by atoms with Crippen molar-refractivity contribution in [1.29, 1.82) is 0 Å². The third kappa shape index (κ3) is 1.67. The quantitative estimate of drug-likeness (QED) is 0.766. The van der Waals surface area contributed by atoms with Gasteiger partial charge in [-0.25, -0.2) is 4.98 Å². The lowest BCUT2D eigenvalue weighted by molar-refractivity contribution is 1.28. The number of rotatable bonds is 1. The minimum absolute atomic E-state index is 0.353. The Morgan fingerprint density at radius 3 is 2.50 bits per heavy atom. The van der Waals surface area contributed by atoms with E-state index in [1.165, 1.54) is 16.5 Å². The average molecular weight is 230 g/mol. The van der Waals surface area contributed by atoms with Gasteiger partial charge in [-0.1, -0.05) is 24.4 Å². The summed E-state index contributed by atoms with van der Waals surface area (Å²) >= 11 is 4.98. The van der Waals surface area contributed by atoms with Crippen LogP contribution in [0.25, 0.3) is 10.9 Å². The Bertz CT molecular complexity index is 588. The Morgan fingerprint density at radius 1 is 1.19 bits per heavy atom. The van der Waals surface area contributed by atoms with Crippen molar-refractivity contribution in [3.05, 3.63) is 40.6 Å². The predicted octanol–water partition coefficient (Wildman–Crippen LogP) is 2.79. The largest absolute Gasteiger partial charge is 0.388 e. The molecule has 0 aliphatic heterocycles. The lowest BCUT2D eigenvalue weighted by Crippen LogP contribution is -2.12. The van der Waals surface area contributed by atoms with E-state index in [9.17, 15) is 0 Å². The number of thiocarbonyl (C=S) groups is 1. The number of pyridine rings is 1. The molecule has 0 fully saturated rings. The van der Waals surface area contributed by atoms with Gasteiger partial charge in [-0.3, -0.25) is 0 Å². The Labute approximate surface area is 100 Å². The molecule has 1 aromatic heterocycles. The molecule has 0 amide bonds. The molecule has 82 valence electrons. The van der Waals surface area contributed by atoms with Crippen molar-refractivity contribution in [2.75, 3.05) is 0 Å². The Balaban J connectivity index is 2.88. The maximum Gasteiger partial charge on any atom is 0.122 e. The van der Waals surface area contributed by atoms with Crippen LogP contribution >= 0.6 is 12.2 Å². The van der Waals surface area contributed by atoms with Crippen molar-refractivity contribution in [1.82, 2.24) is 4.98 Å². The third-order valence-electron chi connectivity index (χ3n) is 2.96. The molecule has 0 saturated carbocycles. The van der Waals surface area contributed by atoms with Gasteiger partial charge < -0.3 is 5.73 Å². The molecule has 0 unspecified atom stereocenters. The van der Waals surface area contributed by atoms with Gasteiger partial charge in [0.2, 0.25) is 0 Å². The number of hydrogen-bond donors (Lipinski definition) is 1. The zero-order valence-electron chi connectivity index (χ0n) is 9.66. The van der Waals surface area contributed by atoms with Gasteiger partial charge in [-0.15, -0.1) is 0 Å². The first-order valence-corrected chi connectivity index (χ1v) is 5.59. The number of hydrogen-bond acceptors (Lipinski definition) is 2. The van der Waals surface area contributed by atoms with Gasteiger partial charge in [0.15, 0.2) is 0 Å². The number of aryl methyl sites for hydroxylation is 3. The van der Waals surface area contributed by atoms with E-state index in [-0.39, 0.29) is 0 Å². The lowest BCUT2D eigenvalue weighted by atomic mass is 10.0. The Morgan fingerprint density at radius 2 is 1.88 bits per heavy atom. The maximum absolute atomic E-state index is 5.63. The first-order valence-electron chi connectivity index (χ1n) is 5.18. The summed E-state index contributed by atoms with van der Waals surface area (Å²) in [5.74, 6) is 0. The summed E-state index contributed by atoms with van der Waals surface area (Å²) in [7, 11) is 0. The molecule has 0 spiro atoms. The number of aromatic nitrogens is 1. The maximum atomic E-state index is 5.63. The Kier molecular flexibility index (Phi) is 2.64. The van der Waals surface area contributed by atoms with Crippen LogP contribution < -0.4 is 5.73 Å². The van der Waals surface area contributed by atoms with Gasteiger partial charge in [-0.2, -0.15) is 0 Å². The second-order valence-corrected chi connectivity index (χ2v) is 4.53. The summed E-state index contributed by atoms with van der Waals surface area (Å²) in [6.07, 6.45) is 0. The zero-order valence-corrected chi connectivity index (χ0v) is 10.5. The normalized spacial score (nSPS) is 10.7. The molecular formula is C13H14N2S. The summed E-state index contributed by atoms with van der Waals surface area (Å²) in [6, 6.07) is 6.16. The summed E-state index contributed by atoms with van der Waals surface area (Å²) in [4.78, 5) is 4.88. The highest BCUT2D eigenvalue weighted by Gasteiger charge is 2.07.